The van der Waals surface area contributed by atoms with Crippen LogP contribution in [0.4, 0.5) is 5.00 Å². The molecule has 0 bridgehead atoms. The fraction of sp³-hybridized carbons (Fsp3) is 0.478. The first-order chi connectivity index (χ1) is 14.5. The highest BCUT2D eigenvalue weighted by atomic mass is 35.5. The first-order valence-corrected chi connectivity index (χ1v) is 11.9. The van der Waals surface area contributed by atoms with E-state index in [2.05, 4.69) is 10.2 Å². The van der Waals surface area contributed by atoms with Gasteiger partial charge in [0.1, 0.15) is 0 Å². The molecule has 0 spiro atoms. The maximum Gasteiger partial charge on any atom is 0.264 e. The Morgan fingerprint density at radius 3 is 2.53 bits per heavy atom. The van der Waals surface area contributed by atoms with E-state index in [0.717, 1.165) is 31.5 Å². The third-order valence-corrected chi connectivity index (χ3v) is 7.55. The monoisotopic (exact) mass is 445 g/mol. The van der Waals surface area contributed by atoms with Gasteiger partial charge in [0.25, 0.3) is 11.8 Å². The van der Waals surface area contributed by atoms with Gasteiger partial charge in [-0.15, -0.1) is 11.3 Å². The van der Waals surface area contributed by atoms with Gasteiger partial charge in [-0.1, -0.05) is 23.7 Å². The quantitative estimate of drug-likeness (QED) is 0.711. The number of likely N-dealkylation sites (tertiary alicyclic amines) is 2. The molecular formula is C23H28ClN3O2S. The van der Waals surface area contributed by atoms with Gasteiger partial charge in [0.05, 0.1) is 20.5 Å². The number of hydrogen-bond acceptors (Lipinski definition) is 4. The molecule has 0 radical (unpaired) electrons. The summed E-state index contributed by atoms with van der Waals surface area (Å²) in [7, 11) is 0. The summed E-state index contributed by atoms with van der Waals surface area (Å²) in [5, 5.41) is 3.97. The van der Waals surface area contributed by atoms with Crippen LogP contribution in [0.2, 0.25) is 5.02 Å². The van der Waals surface area contributed by atoms with Gasteiger partial charge in [-0.25, -0.2) is 0 Å². The van der Waals surface area contributed by atoms with E-state index in [1.54, 1.807) is 24.3 Å². The number of hydrogen-bond donors (Lipinski definition) is 1. The maximum absolute atomic E-state index is 13.1. The number of piperidine rings is 1. The average molecular weight is 446 g/mol. The number of carbonyl (C=O) groups is 2. The highest BCUT2D eigenvalue weighted by molar-refractivity contribution is 7.18. The van der Waals surface area contributed by atoms with Gasteiger partial charge >= 0.3 is 0 Å². The molecule has 0 unspecified atom stereocenters. The molecule has 30 heavy (non-hydrogen) atoms. The van der Waals surface area contributed by atoms with E-state index >= 15 is 0 Å². The number of nitrogens with one attached hydrogen (secondary N) is 1. The van der Waals surface area contributed by atoms with E-state index in [-0.39, 0.29) is 11.8 Å². The van der Waals surface area contributed by atoms with Crippen molar-refractivity contribution in [3.63, 3.8) is 0 Å². The van der Waals surface area contributed by atoms with Crippen molar-refractivity contribution in [2.75, 3.05) is 38.0 Å². The fourth-order valence-corrected chi connectivity index (χ4v) is 5.63. The smallest absolute Gasteiger partial charge is 0.264 e. The Hall–Kier alpha value is -1.89. The Bertz CT molecular complexity index is 915. The van der Waals surface area contributed by atoms with Crippen molar-refractivity contribution < 1.29 is 9.59 Å². The van der Waals surface area contributed by atoms with Crippen LogP contribution in [0.3, 0.4) is 0 Å². The average Bonchev–Trinajstić information content (AvgIpc) is 3.38. The van der Waals surface area contributed by atoms with E-state index in [1.807, 2.05) is 17.9 Å². The molecule has 3 heterocycles. The lowest BCUT2D eigenvalue weighted by molar-refractivity contribution is 0.0677. The lowest BCUT2D eigenvalue weighted by Gasteiger charge is -2.33. The van der Waals surface area contributed by atoms with Gasteiger partial charge in [-0.05, 0) is 75.4 Å². The Morgan fingerprint density at radius 1 is 1.13 bits per heavy atom. The standard InChI is InChI=1S/C23H28ClN3O2S/c1-16-14-20(25-22(28)18-6-2-3-7-19(18)24)30-21(16)23(29)27-12-8-17(9-13-27)15-26-10-4-5-11-26/h2-3,6-7,14,17H,4-5,8-13,15H2,1H3,(H,25,28). The van der Waals surface area contributed by atoms with Crippen LogP contribution in [0.5, 0.6) is 0 Å². The molecule has 0 aliphatic carbocycles. The summed E-state index contributed by atoms with van der Waals surface area (Å²) < 4.78 is 0. The number of amides is 2. The lowest BCUT2D eigenvalue weighted by Crippen LogP contribution is -2.41. The van der Waals surface area contributed by atoms with Crippen LogP contribution in [-0.2, 0) is 0 Å². The lowest BCUT2D eigenvalue weighted by atomic mass is 9.96. The summed E-state index contributed by atoms with van der Waals surface area (Å²) in [5.74, 6) is 0.515. The Labute approximate surface area is 187 Å². The van der Waals surface area contributed by atoms with Crippen molar-refractivity contribution in [2.24, 2.45) is 5.92 Å². The predicted octanol–water partition coefficient (Wildman–Crippen LogP) is 4.91. The minimum atomic E-state index is -0.261. The number of aryl methyl sites for hydroxylation is 1. The number of anilines is 1. The third-order valence-electron chi connectivity index (χ3n) is 6.08. The molecule has 4 rings (SSSR count). The molecule has 2 saturated heterocycles. The van der Waals surface area contributed by atoms with Crippen molar-refractivity contribution in [3.05, 3.63) is 51.4 Å². The Balaban J connectivity index is 1.35. The molecule has 0 saturated carbocycles. The van der Waals surface area contributed by atoms with Gasteiger partial charge < -0.3 is 15.1 Å². The Morgan fingerprint density at radius 2 is 1.83 bits per heavy atom. The van der Waals surface area contributed by atoms with Crippen molar-refractivity contribution in [1.82, 2.24) is 9.80 Å². The maximum atomic E-state index is 13.1. The minimum Gasteiger partial charge on any atom is -0.338 e. The molecule has 1 aromatic carbocycles. The van der Waals surface area contributed by atoms with Crippen LogP contribution < -0.4 is 5.32 Å². The van der Waals surface area contributed by atoms with E-state index in [9.17, 15) is 9.59 Å². The molecular weight excluding hydrogens is 418 g/mol. The predicted molar refractivity (Wildman–Crippen MR) is 123 cm³/mol. The second-order valence-corrected chi connectivity index (χ2v) is 9.76. The van der Waals surface area contributed by atoms with E-state index in [1.165, 1.54) is 43.8 Å². The first kappa shape index (κ1) is 21.3. The van der Waals surface area contributed by atoms with Crippen molar-refractivity contribution in [2.45, 2.75) is 32.6 Å². The van der Waals surface area contributed by atoms with E-state index in [0.29, 0.717) is 26.4 Å². The first-order valence-electron chi connectivity index (χ1n) is 10.7. The summed E-state index contributed by atoms with van der Waals surface area (Å²) in [6, 6.07) is 8.82. The van der Waals surface area contributed by atoms with Gasteiger partial charge in [0.2, 0.25) is 0 Å². The SMILES string of the molecule is Cc1cc(NC(=O)c2ccccc2Cl)sc1C(=O)N1CCC(CN2CCCC2)CC1. The summed E-state index contributed by atoms with van der Waals surface area (Å²) in [6.07, 6.45) is 4.79. The molecule has 0 atom stereocenters. The van der Waals surface area contributed by atoms with Crippen LogP contribution in [0, 0.1) is 12.8 Å². The van der Waals surface area contributed by atoms with Crippen LogP contribution in [-0.4, -0.2) is 54.3 Å². The molecule has 1 aromatic heterocycles. The van der Waals surface area contributed by atoms with Crippen molar-refractivity contribution >= 4 is 39.8 Å². The molecule has 160 valence electrons. The highest BCUT2D eigenvalue weighted by Crippen LogP contribution is 2.30. The number of thiophene rings is 1. The van der Waals surface area contributed by atoms with Gasteiger partial charge in [-0.2, -0.15) is 0 Å². The van der Waals surface area contributed by atoms with Crippen LogP contribution in [0.15, 0.2) is 30.3 Å². The number of nitrogens with zero attached hydrogens (tertiary/aromatic N) is 2. The second kappa shape index (κ2) is 9.50. The molecule has 2 fully saturated rings. The van der Waals surface area contributed by atoms with Crippen LogP contribution in [0.1, 0.15) is 51.3 Å². The summed E-state index contributed by atoms with van der Waals surface area (Å²) >= 11 is 7.46. The van der Waals surface area contributed by atoms with Crippen molar-refractivity contribution in [1.29, 1.82) is 0 Å². The van der Waals surface area contributed by atoms with Gasteiger partial charge in [-0.3, -0.25) is 9.59 Å². The molecule has 2 aliphatic rings. The largest absolute Gasteiger partial charge is 0.338 e. The normalized spacial score (nSPS) is 18.0. The molecule has 7 heteroatoms. The van der Waals surface area contributed by atoms with Crippen LogP contribution in [0.25, 0.3) is 0 Å². The summed E-state index contributed by atoms with van der Waals surface area (Å²) in [5.41, 5.74) is 1.33. The minimum absolute atomic E-state index is 0.0790. The number of carbonyl (C=O) groups excluding carboxylic acids is 2. The van der Waals surface area contributed by atoms with Gasteiger partial charge in [0.15, 0.2) is 0 Å². The third kappa shape index (κ3) is 4.88. The fourth-order valence-electron chi connectivity index (χ4n) is 4.37. The Kier molecular flexibility index (Phi) is 6.76. The topological polar surface area (TPSA) is 52.7 Å². The van der Waals surface area contributed by atoms with Gasteiger partial charge in [0, 0.05) is 19.6 Å². The van der Waals surface area contributed by atoms with E-state index in [4.69, 9.17) is 11.6 Å². The molecule has 2 amide bonds. The zero-order valence-electron chi connectivity index (χ0n) is 17.3. The summed E-state index contributed by atoms with van der Waals surface area (Å²) in [4.78, 5) is 30.9. The number of benzene rings is 1. The second-order valence-electron chi connectivity index (χ2n) is 8.30. The summed E-state index contributed by atoms with van der Waals surface area (Å²) in [6.45, 7) is 7.20. The molecule has 2 aliphatic heterocycles. The number of rotatable bonds is 5. The zero-order valence-corrected chi connectivity index (χ0v) is 18.9. The molecule has 1 N–H and O–H groups in total. The number of halogens is 1. The van der Waals surface area contributed by atoms with Crippen LogP contribution >= 0.6 is 22.9 Å². The molecule has 2 aromatic rings. The van der Waals surface area contributed by atoms with E-state index < -0.39 is 0 Å². The van der Waals surface area contributed by atoms with Crippen molar-refractivity contribution in [3.8, 4) is 0 Å². The highest BCUT2D eigenvalue weighted by Gasteiger charge is 2.27. The molecule has 5 nitrogen and oxygen atoms in total. The zero-order chi connectivity index (χ0) is 21.1.